The van der Waals surface area contributed by atoms with Gasteiger partial charge in [0.05, 0.1) is 18.7 Å². The molecular weight excluding hydrogens is 224 g/mol. The number of hydrogen-bond donors (Lipinski definition) is 0. The van der Waals surface area contributed by atoms with Crippen molar-refractivity contribution in [2.24, 2.45) is 0 Å². The Kier molecular flexibility index (Phi) is 4.60. The number of hydrogen-bond acceptors (Lipinski definition) is 3. The van der Waals surface area contributed by atoms with E-state index in [2.05, 4.69) is 11.0 Å². The maximum absolute atomic E-state index is 8.97. The smallest absolute Gasteiger partial charge is 0.123 e. The number of nitrogens with zero attached hydrogens (tertiary/aromatic N) is 2. The average Bonchev–Trinajstić information content (AvgIpc) is 2.67. The Morgan fingerprint density at radius 1 is 1.22 bits per heavy atom. The normalized spacial score (nSPS) is 16.9. The Hall–Kier alpha value is -1.53. The molecule has 0 bridgehead atoms. The molecule has 0 aliphatic carbocycles. The molecule has 2 rings (SSSR count). The highest BCUT2D eigenvalue weighted by Gasteiger charge is 2.12. The van der Waals surface area contributed by atoms with Crippen LogP contribution in [-0.2, 0) is 6.54 Å². The average molecular weight is 244 g/mol. The summed E-state index contributed by atoms with van der Waals surface area (Å²) in [7, 11) is 1.69. The lowest BCUT2D eigenvalue weighted by molar-refractivity contribution is 0.271. The van der Waals surface area contributed by atoms with Crippen molar-refractivity contribution in [1.29, 1.82) is 5.26 Å². The van der Waals surface area contributed by atoms with Crippen LogP contribution in [0.25, 0.3) is 0 Å². The van der Waals surface area contributed by atoms with Gasteiger partial charge < -0.3 is 4.74 Å². The Morgan fingerprint density at radius 3 is 2.56 bits per heavy atom. The van der Waals surface area contributed by atoms with Crippen LogP contribution in [0.2, 0.25) is 0 Å². The fraction of sp³-hybridized carbons (Fsp3) is 0.533. The van der Waals surface area contributed by atoms with E-state index in [9.17, 15) is 0 Å². The number of rotatable bonds is 3. The van der Waals surface area contributed by atoms with Gasteiger partial charge in [0.15, 0.2) is 0 Å². The number of methoxy groups -OCH3 is 1. The lowest BCUT2D eigenvalue weighted by Gasteiger charge is -2.21. The second-order valence-corrected chi connectivity index (χ2v) is 4.83. The SMILES string of the molecule is COc1ccc(C#N)cc1CN1CCCCCC1. The van der Waals surface area contributed by atoms with Gasteiger partial charge >= 0.3 is 0 Å². The van der Waals surface area contributed by atoms with Crippen molar-refractivity contribution < 1.29 is 4.74 Å². The van der Waals surface area contributed by atoms with Crippen molar-refractivity contribution in [3.63, 3.8) is 0 Å². The molecule has 1 heterocycles. The maximum Gasteiger partial charge on any atom is 0.123 e. The Balaban J connectivity index is 2.13. The van der Waals surface area contributed by atoms with Crippen molar-refractivity contribution in [2.45, 2.75) is 32.2 Å². The molecule has 1 aliphatic rings. The van der Waals surface area contributed by atoms with E-state index in [1.165, 1.54) is 25.7 Å². The molecule has 3 heteroatoms. The van der Waals surface area contributed by atoms with E-state index in [-0.39, 0.29) is 0 Å². The van der Waals surface area contributed by atoms with Gasteiger partial charge in [0.2, 0.25) is 0 Å². The first-order valence-electron chi connectivity index (χ1n) is 6.63. The topological polar surface area (TPSA) is 36.3 Å². The predicted molar refractivity (Wildman–Crippen MR) is 71.5 cm³/mol. The summed E-state index contributed by atoms with van der Waals surface area (Å²) >= 11 is 0. The second-order valence-electron chi connectivity index (χ2n) is 4.83. The third-order valence-electron chi connectivity index (χ3n) is 3.50. The van der Waals surface area contributed by atoms with Gasteiger partial charge in [-0.1, -0.05) is 12.8 Å². The molecule has 18 heavy (non-hydrogen) atoms. The third kappa shape index (κ3) is 3.24. The van der Waals surface area contributed by atoms with Gasteiger partial charge in [-0.15, -0.1) is 0 Å². The van der Waals surface area contributed by atoms with E-state index in [1.807, 2.05) is 18.2 Å². The number of nitriles is 1. The zero-order valence-corrected chi connectivity index (χ0v) is 11.0. The summed E-state index contributed by atoms with van der Waals surface area (Å²) in [5.41, 5.74) is 1.83. The molecule has 1 saturated heterocycles. The van der Waals surface area contributed by atoms with Gasteiger partial charge in [0.25, 0.3) is 0 Å². The van der Waals surface area contributed by atoms with Crippen molar-refractivity contribution >= 4 is 0 Å². The summed E-state index contributed by atoms with van der Waals surface area (Å²) in [5, 5.41) is 8.97. The molecule has 0 spiro atoms. The molecule has 0 radical (unpaired) electrons. The highest BCUT2D eigenvalue weighted by atomic mass is 16.5. The number of ether oxygens (including phenoxy) is 1. The summed E-state index contributed by atoms with van der Waals surface area (Å²) in [5.74, 6) is 0.887. The lowest BCUT2D eigenvalue weighted by atomic mass is 10.1. The molecule has 0 N–H and O–H groups in total. The van der Waals surface area contributed by atoms with Gasteiger partial charge in [-0.05, 0) is 44.1 Å². The van der Waals surface area contributed by atoms with E-state index >= 15 is 0 Å². The lowest BCUT2D eigenvalue weighted by Crippen LogP contribution is -2.24. The monoisotopic (exact) mass is 244 g/mol. The molecule has 1 fully saturated rings. The van der Waals surface area contributed by atoms with Crippen molar-refractivity contribution in [2.75, 3.05) is 20.2 Å². The molecule has 0 atom stereocenters. The van der Waals surface area contributed by atoms with E-state index < -0.39 is 0 Å². The Morgan fingerprint density at radius 2 is 1.94 bits per heavy atom. The van der Waals surface area contributed by atoms with Crippen LogP contribution in [0.4, 0.5) is 0 Å². The molecule has 1 aromatic rings. The van der Waals surface area contributed by atoms with Gasteiger partial charge in [-0.25, -0.2) is 0 Å². The Bertz CT molecular complexity index is 429. The summed E-state index contributed by atoms with van der Waals surface area (Å²) in [6.45, 7) is 3.19. The van der Waals surface area contributed by atoms with Crippen LogP contribution in [0.1, 0.15) is 36.8 Å². The fourth-order valence-electron chi connectivity index (χ4n) is 2.51. The van der Waals surface area contributed by atoms with Crippen LogP contribution in [0.3, 0.4) is 0 Å². The van der Waals surface area contributed by atoms with Crippen LogP contribution in [0.15, 0.2) is 18.2 Å². The molecule has 3 nitrogen and oxygen atoms in total. The molecule has 96 valence electrons. The van der Waals surface area contributed by atoms with Crippen LogP contribution in [0, 0.1) is 11.3 Å². The van der Waals surface area contributed by atoms with Crippen LogP contribution in [-0.4, -0.2) is 25.1 Å². The molecule has 1 aromatic carbocycles. The molecule has 0 unspecified atom stereocenters. The minimum Gasteiger partial charge on any atom is -0.496 e. The summed E-state index contributed by atoms with van der Waals surface area (Å²) in [4.78, 5) is 2.46. The van der Waals surface area contributed by atoms with Gasteiger partial charge in [-0.2, -0.15) is 5.26 Å². The quantitative estimate of drug-likeness (QED) is 0.820. The van der Waals surface area contributed by atoms with Crippen LogP contribution >= 0.6 is 0 Å². The van der Waals surface area contributed by atoms with Gasteiger partial charge in [0, 0.05) is 12.1 Å². The minimum absolute atomic E-state index is 0.709. The molecular formula is C15H20N2O. The van der Waals surface area contributed by atoms with E-state index in [1.54, 1.807) is 7.11 Å². The number of likely N-dealkylation sites (tertiary alicyclic amines) is 1. The van der Waals surface area contributed by atoms with Crippen LogP contribution < -0.4 is 4.74 Å². The molecule has 0 saturated carbocycles. The van der Waals surface area contributed by atoms with Gasteiger partial charge in [-0.3, -0.25) is 4.90 Å². The van der Waals surface area contributed by atoms with Crippen LogP contribution in [0.5, 0.6) is 5.75 Å². The predicted octanol–water partition coefficient (Wildman–Crippen LogP) is 2.94. The van der Waals surface area contributed by atoms with Gasteiger partial charge in [0.1, 0.15) is 5.75 Å². The fourth-order valence-corrected chi connectivity index (χ4v) is 2.51. The zero-order chi connectivity index (χ0) is 12.8. The summed E-state index contributed by atoms with van der Waals surface area (Å²) < 4.78 is 5.38. The molecule has 1 aliphatic heterocycles. The largest absolute Gasteiger partial charge is 0.496 e. The standard InChI is InChI=1S/C15H20N2O/c1-18-15-7-6-13(11-16)10-14(15)12-17-8-4-2-3-5-9-17/h6-7,10H,2-5,8-9,12H2,1H3. The first-order valence-corrected chi connectivity index (χ1v) is 6.63. The zero-order valence-electron chi connectivity index (χ0n) is 11.0. The van der Waals surface area contributed by atoms with E-state index in [0.717, 1.165) is 30.9 Å². The van der Waals surface area contributed by atoms with E-state index in [0.29, 0.717) is 5.56 Å². The third-order valence-corrected chi connectivity index (χ3v) is 3.50. The minimum atomic E-state index is 0.709. The Labute approximate surface area is 109 Å². The highest BCUT2D eigenvalue weighted by molar-refractivity contribution is 5.42. The van der Waals surface area contributed by atoms with Crippen molar-refractivity contribution in [3.8, 4) is 11.8 Å². The highest BCUT2D eigenvalue weighted by Crippen LogP contribution is 2.22. The van der Waals surface area contributed by atoms with E-state index in [4.69, 9.17) is 10.00 Å². The first kappa shape index (κ1) is 12.9. The summed E-state index contributed by atoms with van der Waals surface area (Å²) in [6.07, 6.45) is 5.23. The number of benzene rings is 1. The first-order chi connectivity index (χ1) is 8.83. The molecule has 0 aromatic heterocycles. The second kappa shape index (κ2) is 6.42. The maximum atomic E-state index is 8.97. The van der Waals surface area contributed by atoms with Crippen molar-refractivity contribution in [3.05, 3.63) is 29.3 Å². The summed E-state index contributed by atoms with van der Waals surface area (Å²) in [6, 6.07) is 7.85. The van der Waals surface area contributed by atoms with Crippen molar-refractivity contribution in [1.82, 2.24) is 4.90 Å². The molecule has 0 amide bonds.